The maximum absolute atomic E-state index is 10.1. The molecule has 1 aliphatic rings. The maximum atomic E-state index is 10.1. The first-order valence-corrected chi connectivity index (χ1v) is 9.03. The normalized spacial score (nSPS) is 16.5. The second-order valence-corrected chi connectivity index (χ2v) is 6.44. The van der Waals surface area contributed by atoms with Crippen LogP contribution in [0.2, 0.25) is 0 Å². The number of hydroxylamine groups is 2. The number of carbonyl (C=O) groups excluding carboxylic acids is 1. The molecule has 5 nitrogen and oxygen atoms in total. The first-order chi connectivity index (χ1) is 12.3. The molecule has 0 bridgehead atoms. The van der Waals surface area contributed by atoms with E-state index in [9.17, 15) is 10.0 Å². The molecule has 0 atom stereocenters. The molecule has 1 aliphatic heterocycles. The van der Waals surface area contributed by atoms with Gasteiger partial charge in [-0.2, -0.15) is 0 Å². The zero-order valence-electron chi connectivity index (χ0n) is 14.8. The minimum Gasteiger partial charge on any atom is -0.388 e. The SMILES string of the molecule is O=C/C=C/N(O)/C=C\NCCN1CCC(CCc2ccccc2)CC1. The van der Waals surface area contributed by atoms with Gasteiger partial charge in [-0.3, -0.25) is 10.0 Å². The van der Waals surface area contributed by atoms with Crippen LogP contribution in [-0.4, -0.2) is 47.6 Å². The molecule has 2 rings (SSSR count). The van der Waals surface area contributed by atoms with E-state index in [-0.39, 0.29) is 0 Å². The van der Waals surface area contributed by atoms with Gasteiger partial charge >= 0.3 is 0 Å². The molecular weight excluding hydrogens is 314 g/mol. The Morgan fingerprint density at radius 3 is 2.68 bits per heavy atom. The molecule has 1 fully saturated rings. The zero-order valence-corrected chi connectivity index (χ0v) is 14.8. The summed E-state index contributed by atoms with van der Waals surface area (Å²) in [5.74, 6) is 0.844. The van der Waals surface area contributed by atoms with E-state index in [1.165, 1.54) is 62.8 Å². The standard InChI is InChI=1S/C20H29N3O2/c24-18-4-13-23(25)17-12-21-11-16-22-14-9-20(10-15-22)8-7-19-5-2-1-3-6-19/h1-6,12-13,17-18,20-21,25H,7-11,14-16H2/b13-4+,17-12-. The van der Waals surface area contributed by atoms with Crippen molar-refractivity contribution in [1.82, 2.24) is 15.3 Å². The van der Waals surface area contributed by atoms with E-state index >= 15 is 0 Å². The van der Waals surface area contributed by atoms with Gasteiger partial charge in [0.1, 0.15) is 6.29 Å². The van der Waals surface area contributed by atoms with Crippen molar-refractivity contribution in [2.24, 2.45) is 5.92 Å². The molecule has 2 N–H and O–H groups in total. The Bertz CT molecular complexity index is 537. The molecule has 0 spiro atoms. The van der Waals surface area contributed by atoms with Crippen LogP contribution in [0.3, 0.4) is 0 Å². The summed E-state index contributed by atoms with van der Waals surface area (Å²) < 4.78 is 0. The third kappa shape index (κ3) is 8.01. The van der Waals surface area contributed by atoms with Gasteiger partial charge < -0.3 is 10.2 Å². The molecule has 1 aromatic carbocycles. The largest absolute Gasteiger partial charge is 0.388 e. The molecule has 1 aromatic rings. The molecule has 0 unspecified atom stereocenters. The van der Waals surface area contributed by atoms with Gasteiger partial charge in [0.15, 0.2) is 0 Å². The lowest BCUT2D eigenvalue weighted by atomic mass is 9.90. The van der Waals surface area contributed by atoms with Crippen LogP contribution in [0.1, 0.15) is 24.8 Å². The molecule has 136 valence electrons. The minimum atomic E-state index is 0.619. The van der Waals surface area contributed by atoms with Crippen molar-refractivity contribution in [1.29, 1.82) is 0 Å². The van der Waals surface area contributed by atoms with E-state index in [4.69, 9.17) is 0 Å². The Morgan fingerprint density at radius 1 is 1.20 bits per heavy atom. The molecule has 0 aliphatic carbocycles. The third-order valence-corrected chi connectivity index (χ3v) is 4.63. The molecule has 0 aromatic heterocycles. The fourth-order valence-corrected chi connectivity index (χ4v) is 3.12. The number of benzene rings is 1. The van der Waals surface area contributed by atoms with Gasteiger partial charge in [-0.25, -0.2) is 5.06 Å². The summed E-state index contributed by atoms with van der Waals surface area (Å²) in [5.41, 5.74) is 1.45. The topological polar surface area (TPSA) is 55.8 Å². The summed E-state index contributed by atoms with van der Waals surface area (Å²) in [5, 5.41) is 13.3. The number of aryl methyl sites for hydroxylation is 1. The molecule has 5 heteroatoms. The number of piperidine rings is 1. The molecule has 1 saturated heterocycles. The van der Waals surface area contributed by atoms with Gasteiger partial charge in [0.05, 0.1) is 0 Å². The van der Waals surface area contributed by atoms with Crippen molar-refractivity contribution < 1.29 is 10.0 Å². The van der Waals surface area contributed by atoms with E-state index < -0.39 is 0 Å². The van der Waals surface area contributed by atoms with Gasteiger partial charge in [-0.1, -0.05) is 30.3 Å². The van der Waals surface area contributed by atoms with Crippen LogP contribution in [0.5, 0.6) is 0 Å². The van der Waals surface area contributed by atoms with Crippen molar-refractivity contribution in [2.45, 2.75) is 25.7 Å². The van der Waals surface area contributed by atoms with E-state index in [0.717, 1.165) is 24.1 Å². The number of allylic oxidation sites excluding steroid dienone is 1. The highest BCUT2D eigenvalue weighted by Gasteiger charge is 2.18. The summed E-state index contributed by atoms with van der Waals surface area (Å²) in [6.07, 6.45) is 11.3. The van der Waals surface area contributed by atoms with Crippen LogP contribution >= 0.6 is 0 Å². The number of aldehydes is 1. The Balaban J connectivity index is 1.54. The van der Waals surface area contributed by atoms with Crippen molar-refractivity contribution in [3.8, 4) is 0 Å². The summed E-state index contributed by atoms with van der Waals surface area (Å²) in [4.78, 5) is 12.6. The third-order valence-electron chi connectivity index (χ3n) is 4.63. The van der Waals surface area contributed by atoms with Gasteiger partial charge in [0.25, 0.3) is 0 Å². The number of nitrogens with zero attached hydrogens (tertiary/aromatic N) is 2. The molecule has 1 heterocycles. The van der Waals surface area contributed by atoms with E-state index in [0.29, 0.717) is 6.29 Å². The molecule has 0 amide bonds. The Morgan fingerprint density at radius 2 is 1.96 bits per heavy atom. The van der Waals surface area contributed by atoms with Crippen LogP contribution in [0.4, 0.5) is 0 Å². The summed E-state index contributed by atoms with van der Waals surface area (Å²) >= 11 is 0. The molecule has 25 heavy (non-hydrogen) atoms. The predicted octanol–water partition coefficient (Wildman–Crippen LogP) is 2.80. The van der Waals surface area contributed by atoms with Gasteiger partial charge in [-0.05, 0) is 56.3 Å². The quantitative estimate of drug-likeness (QED) is 0.296. The average Bonchev–Trinajstić information content (AvgIpc) is 2.66. The lowest BCUT2D eigenvalue weighted by Gasteiger charge is -2.32. The second kappa shape index (κ2) is 11.4. The second-order valence-electron chi connectivity index (χ2n) is 6.44. The highest BCUT2D eigenvalue weighted by molar-refractivity contribution is 5.64. The monoisotopic (exact) mass is 343 g/mol. The van der Waals surface area contributed by atoms with Gasteiger partial charge in [0, 0.05) is 31.7 Å². The van der Waals surface area contributed by atoms with Crippen molar-refractivity contribution in [3.05, 3.63) is 60.6 Å². The molecular formula is C20H29N3O2. The predicted molar refractivity (Wildman–Crippen MR) is 99.9 cm³/mol. The van der Waals surface area contributed by atoms with Crippen LogP contribution in [0.15, 0.2) is 55.0 Å². The van der Waals surface area contributed by atoms with Gasteiger partial charge in [0.2, 0.25) is 0 Å². The fraction of sp³-hybridized carbons (Fsp3) is 0.450. The van der Waals surface area contributed by atoms with Crippen LogP contribution in [-0.2, 0) is 11.2 Å². The Kier molecular flexibility index (Phi) is 8.80. The van der Waals surface area contributed by atoms with Crippen LogP contribution < -0.4 is 5.32 Å². The maximum Gasteiger partial charge on any atom is 0.144 e. The highest BCUT2D eigenvalue weighted by Crippen LogP contribution is 2.22. The fourth-order valence-electron chi connectivity index (χ4n) is 3.12. The number of hydrogen-bond acceptors (Lipinski definition) is 5. The van der Waals surface area contributed by atoms with Crippen molar-refractivity contribution in [2.75, 3.05) is 26.2 Å². The number of carbonyl (C=O) groups is 1. The number of rotatable bonds is 10. The van der Waals surface area contributed by atoms with Crippen molar-refractivity contribution in [3.63, 3.8) is 0 Å². The van der Waals surface area contributed by atoms with Crippen LogP contribution in [0, 0.1) is 5.92 Å². The van der Waals surface area contributed by atoms with Crippen molar-refractivity contribution >= 4 is 6.29 Å². The number of hydrogen-bond donors (Lipinski definition) is 2. The summed E-state index contributed by atoms with van der Waals surface area (Å²) in [6.45, 7) is 4.18. The van der Waals surface area contributed by atoms with E-state index in [2.05, 4.69) is 40.5 Å². The summed E-state index contributed by atoms with van der Waals surface area (Å²) in [6, 6.07) is 10.8. The minimum absolute atomic E-state index is 0.619. The lowest BCUT2D eigenvalue weighted by Crippen LogP contribution is -2.37. The first-order valence-electron chi connectivity index (χ1n) is 9.03. The highest BCUT2D eigenvalue weighted by atomic mass is 16.5. The summed E-state index contributed by atoms with van der Waals surface area (Å²) in [7, 11) is 0. The smallest absolute Gasteiger partial charge is 0.144 e. The Labute approximate surface area is 150 Å². The zero-order chi connectivity index (χ0) is 17.7. The number of nitrogens with one attached hydrogen (secondary N) is 1. The molecule has 0 saturated carbocycles. The molecule has 0 radical (unpaired) electrons. The average molecular weight is 343 g/mol. The van der Waals surface area contributed by atoms with Gasteiger partial charge in [-0.15, -0.1) is 0 Å². The Hall–Kier alpha value is -2.11. The van der Waals surface area contributed by atoms with Crippen LogP contribution in [0.25, 0.3) is 0 Å². The first kappa shape index (κ1) is 19.2. The number of likely N-dealkylation sites (tertiary alicyclic amines) is 1. The van der Waals surface area contributed by atoms with E-state index in [1.54, 1.807) is 6.20 Å². The van der Waals surface area contributed by atoms with E-state index in [1.807, 2.05) is 0 Å². The lowest BCUT2D eigenvalue weighted by molar-refractivity contribution is -0.104.